The predicted molar refractivity (Wildman–Crippen MR) is 125 cm³/mol. The summed E-state index contributed by atoms with van der Waals surface area (Å²) < 4.78 is 33.6. The van der Waals surface area contributed by atoms with Crippen molar-refractivity contribution in [1.29, 1.82) is 0 Å². The van der Waals surface area contributed by atoms with E-state index in [-0.39, 0.29) is 0 Å². The van der Waals surface area contributed by atoms with Crippen molar-refractivity contribution < 1.29 is 28.1 Å². The van der Waals surface area contributed by atoms with E-state index in [0.717, 1.165) is 5.56 Å². The van der Waals surface area contributed by atoms with E-state index in [2.05, 4.69) is 0 Å². The topological polar surface area (TPSA) is 76.4 Å². The molecular formula is C26H24O7. The molecule has 0 atom stereocenters. The average molecular weight is 448 g/mol. The van der Waals surface area contributed by atoms with Crippen LogP contribution < -0.4 is 29.3 Å². The summed E-state index contributed by atoms with van der Waals surface area (Å²) in [7, 11) is 6.19. The summed E-state index contributed by atoms with van der Waals surface area (Å²) in [5, 5.41) is 0.625. The Bertz CT molecular complexity index is 1300. The van der Waals surface area contributed by atoms with E-state index in [1.54, 1.807) is 45.6 Å². The van der Waals surface area contributed by atoms with E-state index in [0.29, 0.717) is 57.5 Å². The van der Waals surface area contributed by atoms with Crippen LogP contribution in [0.15, 0.2) is 69.9 Å². The highest BCUT2D eigenvalue weighted by molar-refractivity contribution is 5.99. The van der Waals surface area contributed by atoms with Gasteiger partial charge in [-0.15, -0.1) is 0 Å². The maximum absolute atomic E-state index is 12.4. The van der Waals surface area contributed by atoms with Gasteiger partial charge in [0.1, 0.15) is 23.7 Å². The van der Waals surface area contributed by atoms with E-state index in [9.17, 15) is 4.79 Å². The summed E-state index contributed by atoms with van der Waals surface area (Å²) in [5.74, 6) is 2.42. The number of fused-ring (bicyclic) bond motifs is 1. The minimum atomic E-state index is -0.504. The third-order valence-corrected chi connectivity index (χ3v) is 5.23. The van der Waals surface area contributed by atoms with Crippen molar-refractivity contribution in [3.8, 4) is 39.9 Å². The molecule has 0 unspecified atom stereocenters. The lowest BCUT2D eigenvalue weighted by Crippen LogP contribution is -2.02. The molecule has 0 aliphatic carbocycles. The maximum Gasteiger partial charge on any atom is 0.336 e. The molecule has 7 nitrogen and oxygen atoms in total. The molecule has 0 fully saturated rings. The Balaban J connectivity index is 1.86. The number of hydrogen-bond acceptors (Lipinski definition) is 7. The van der Waals surface area contributed by atoms with Gasteiger partial charge in [-0.05, 0) is 23.3 Å². The van der Waals surface area contributed by atoms with Gasteiger partial charge in [0.05, 0.1) is 33.8 Å². The number of rotatable bonds is 8. The van der Waals surface area contributed by atoms with Crippen LogP contribution in [0.3, 0.4) is 0 Å². The number of hydrogen-bond donors (Lipinski definition) is 0. The van der Waals surface area contributed by atoms with Gasteiger partial charge in [0.2, 0.25) is 5.75 Å². The number of benzene rings is 3. The first-order valence-electron chi connectivity index (χ1n) is 10.2. The van der Waals surface area contributed by atoms with Gasteiger partial charge < -0.3 is 28.1 Å². The Labute approximate surface area is 191 Å². The molecule has 0 amide bonds. The lowest BCUT2D eigenvalue weighted by molar-refractivity contribution is 0.266. The van der Waals surface area contributed by atoms with Crippen molar-refractivity contribution in [2.24, 2.45) is 0 Å². The van der Waals surface area contributed by atoms with Crippen LogP contribution in [0.25, 0.3) is 22.1 Å². The first kappa shape index (κ1) is 22.1. The summed E-state index contributed by atoms with van der Waals surface area (Å²) in [6, 6.07) is 18.2. The van der Waals surface area contributed by atoms with Gasteiger partial charge in [0.15, 0.2) is 11.5 Å². The largest absolute Gasteiger partial charge is 0.496 e. The van der Waals surface area contributed by atoms with Gasteiger partial charge in [0, 0.05) is 23.8 Å². The zero-order valence-electron chi connectivity index (χ0n) is 18.8. The van der Waals surface area contributed by atoms with E-state index in [1.807, 2.05) is 30.3 Å². The molecule has 0 spiro atoms. The molecule has 170 valence electrons. The van der Waals surface area contributed by atoms with Crippen LogP contribution in [0, 0.1) is 0 Å². The zero-order chi connectivity index (χ0) is 23.4. The predicted octanol–water partition coefficient (Wildman–Crippen LogP) is 5.07. The first-order valence-corrected chi connectivity index (χ1v) is 10.2. The third kappa shape index (κ3) is 4.43. The number of ether oxygens (including phenoxy) is 5. The molecule has 0 saturated carbocycles. The van der Waals surface area contributed by atoms with E-state index in [1.165, 1.54) is 13.2 Å². The molecule has 4 aromatic rings. The van der Waals surface area contributed by atoms with Crippen molar-refractivity contribution in [3.05, 3.63) is 76.6 Å². The van der Waals surface area contributed by atoms with Crippen LogP contribution >= 0.6 is 0 Å². The molecule has 0 N–H and O–H groups in total. The zero-order valence-corrected chi connectivity index (χ0v) is 18.8. The molecule has 0 saturated heterocycles. The molecule has 0 aliphatic rings. The second kappa shape index (κ2) is 9.56. The Hall–Kier alpha value is -4.13. The van der Waals surface area contributed by atoms with Gasteiger partial charge in [-0.1, -0.05) is 30.3 Å². The van der Waals surface area contributed by atoms with Crippen molar-refractivity contribution in [2.75, 3.05) is 28.4 Å². The van der Waals surface area contributed by atoms with E-state index < -0.39 is 5.63 Å². The molecule has 7 heteroatoms. The van der Waals surface area contributed by atoms with Crippen LogP contribution in [-0.2, 0) is 6.61 Å². The van der Waals surface area contributed by atoms with Crippen LogP contribution in [0.2, 0.25) is 0 Å². The summed E-state index contributed by atoms with van der Waals surface area (Å²) in [5.41, 5.74) is 2.13. The van der Waals surface area contributed by atoms with Crippen LogP contribution in [0.5, 0.6) is 28.7 Å². The smallest absolute Gasteiger partial charge is 0.336 e. The summed E-state index contributed by atoms with van der Waals surface area (Å²) in [6.07, 6.45) is 0. The SMILES string of the molecule is COc1cc(OC)c2c(-c3cc(OC)c(OCc4ccccc4)c(OC)c3)cc(=O)oc2c1. The van der Waals surface area contributed by atoms with Crippen LogP contribution in [-0.4, -0.2) is 28.4 Å². The fourth-order valence-corrected chi connectivity index (χ4v) is 3.65. The lowest BCUT2D eigenvalue weighted by Gasteiger charge is -2.17. The fraction of sp³-hybridized carbons (Fsp3) is 0.192. The summed E-state index contributed by atoms with van der Waals surface area (Å²) >= 11 is 0. The standard InChI is InChI=1S/C26H24O7/c1-28-18-12-20(29-2)25-19(14-24(27)33-21(25)13-18)17-10-22(30-3)26(23(11-17)31-4)32-15-16-8-6-5-7-9-16/h5-14H,15H2,1-4H3. The summed E-state index contributed by atoms with van der Waals surface area (Å²) in [4.78, 5) is 12.4. The molecule has 33 heavy (non-hydrogen) atoms. The van der Waals surface area contributed by atoms with Crippen LogP contribution in [0.1, 0.15) is 5.56 Å². The molecule has 0 radical (unpaired) electrons. The van der Waals surface area contributed by atoms with Crippen LogP contribution in [0.4, 0.5) is 0 Å². The summed E-state index contributed by atoms with van der Waals surface area (Å²) in [6.45, 7) is 0.346. The van der Waals surface area contributed by atoms with Crippen molar-refractivity contribution in [1.82, 2.24) is 0 Å². The minimum Gasteiger partial charge on any atom is -0.496 e. The fourth-order valence-electron chi connectivity index (χ4n) is 3.65. The van der Waals surface area contributed by atoms with E-state index >= 15 is 0 Å². The van der Waals surface area contributed by atoms with Gasteiger partial charge in [0.25, 0.3) is 0 Å². The second-order valence-corrected chi connectivity index (χ2v) is 7.17. The number of methoxy groups -OCH3 is 4. The Kier molecular flexibility index (Phi) is 6.40. The molecule has 0 aliphatic heterocycles. The molecule has 3 aromatic carbocycles. The Morgan fingerprint density at radius 3 is 2.03 bits per heavy atom. The first-order chi connectivity index (χ1) is 16.1. The molecule has 1 heterocycles. The minimum absolute atomic E-state index is 0.344. The van der Waals surface area contributed by atoms with Gasteiger partial charge in [-0.2, -0.15) is 0 Å². The highest BCUT2D eigenvalue weighted by atomic mass is 16.5. The monoisotopic (exact) mass is 448 g/mol. The Morgan fingerprint density at radius 2 is 1.42 bits per heavy atom. The van der Waals surface area contributed by atoms with Gasteiger partial charge >= 0.3 is 5.63 Å². The highest BCUT2D eigenvalue weighted by Gasteiger charge is 2.20. The second-order valence-electron chi connectivity index (χ2n) is 7.17. The average Bonchev–Trinajstić information content (AvgIpc) is 2.86. The Morgan fingerprint density at radius 1 is 0.758 bits per heavy atom. The van der Waals surface area contributed by atoms with Crippen molar-refractivity contribution in [3.63, 3.8) is 0 Å². The lowest BCUT2D eigenvalue weighted by atomic mass is 10.00. The highest BCUT2D eigenvalue weighted by Crippen LogP contribution is 2.44. The molecule has 4 rings (SSSR count). The molecule has 1 aromatic heterocycles. The molecule has 0 bridgehead atoms. The maximum atomic E-state index is 12.4. The third-order valence-electron chi connectivity index (χ3n) is 5.23. The van der Waals surface area contributed by atoms with Crippen molar-refractivity contribution in [2.45, 2.75) is 6.61 Å². The normalized spacial score (nSPS) is 10.7. The van der Waals surface area contributed by atoms with E-state index in [4.69, 9.17) is 28.1 Å². The van der Waals surface area contributed by atoms with Gasteiger partial charge in [-0.25, -0.2) is 4.79 Å². The quantitative estimate of drug-likeness (QED) is 0.348. The van der Waals surface area contributed by atoms with Crippen molar-refractivity contribution >= 4 is 11.0 Å². The van der Waals surface area contributed by atoms with Gasteiger partial charge in [-0.3, -0.25) is 0 Å². The molecular weight excluding hydrogens is 424 g/mol.